The predicted molar refractivity (Wildman–Crippen MR) is 106 cm³/mol. The Morgan fingerprint density at radius 2 is 1.75 bits per heavy atom. The molecule has 4 rings (SSSR count). The first kappa shape index (κ1) is 18.2. The lowest BCUT2D eigenvalue weighted by molar-refractivity contribution is 0.511. The Labute approximate surface area is 160 Å². The fraction of sp³-hybridized carbons (Fsp3) is 0.286. The van der Waals surface area contributed by atoms with Gasteiger partial charge in [0.25, 0.3) is 5.56 Å². The van der Waals surface area contributed by atoms with Crippen molar-refractivity contribution in [3.63, 3.8) is 0 Å². The molecule has 0 fully saturated rings. The molecule has 0 saturated heterocycles. The number of fused-ring (bicyclic) bond motifs is 3. The first-order chi connectivity index (χ1) is 13.5. The third-order valence-electron chi connectivity index (χ3n) is 4.86. The van der Waals surface area contributed by atoms with E-state index in [-0.39, 0.29) is 23.6 Å². The average molecular weight is 380 g/mol. The number of halogens is 1. The van der Waals surface area contributed by atoms with Gasteiger partial charge in [-0.25, -0.2) is 18.3 Å². The highest BCUT2D eigenvalue weighted by Gasteiger charge is 2.17. The molecular weight excluding hydrogens is 359 g/mol. The Balaban J connectivity index is 1.94. The van der Waals surface area contributed by atoms with E-state index in [1.165, 1.54) is 21.2 Å². The van der Waals surface area contributed by atoms with Gasteiger partial charge in [0.1, 0.15) is 5.82 Å². The van der Waals surface area contributed by atoms with Crippen LogP contribution in [0.4, 0.5) is 4.39 Å². The summed E-state index contributed by atoms with van der Waals surface area (Å²) in [6.45, 7) is 4.86. The number of nitrogens with zero attached hydrogens (tertiary/aromatic N) is 4. The van der Waals surface area contributed by atoms with Crippen LogP contribution >= 0.6 is 0 Å². The van der Waals surface area contributed by atoms with E-state index in [1.54, 1.807) is 41.0 Å². The molecule has 0 unspecified atom stereocenters. The maximum atomic E-state index is 13.2. The second kappa shape index (κ2) is 7.07. The Hall–Kier alpha value is -3.22. The number of aryl methyl sites for hydroxylation is 1. The molecule has 2 aromatic carbocycles. The molecule has 0 aliphatic rings. The molecule has 0 spiro atoms. The van der Waals surface area contributed by atoms with Crippen LogP contribution in [0.25, 0.3) is 16.7 Å². The van der Waals surface area contributed by atoms with Crippen molar-refractivity contribution in [2.75, 3.05) is 0 Å². The average Bonchev–Trinajstić information content (AvgIpc) is 2.99. The Bertz CT molecular complexity index is 1270. The second-order valence-electron chi connectivity index (χ2n) is 7.36. The zero-order chi connectivity index (χ0) is 19.8. The van der Waals surface area contributed by atoms with E-state index in [0.717, 1.165) is 12.0 Å². The number of hydrogen-bond donors (Lipinski definition) is 0. The maximum Gasteiger partial charge on any atom is 0.352 e. The maximum absolute atomic E-state index is 13.2. The van der Waals surface area contributed by atoms with E-state index in [9.17, 15) is 14.0 Å². The van der Waals surface area contributed by atoms with Crippen LogP contribution in [0.1, 0.15) is 25.8 Å². The highest BCUT2D eigenvalue weighted by molar-refractivity contribution is 5.79. The topological polar surface area (TPSA) is 61.3 Å². The van der Waals surface area contributed by atoms with Crippen LogP contribution in [0, 0.1) is 11.7 Å². The highest BCUT2D eigenvalue weighted by Crippen LogP contribution is 2.13. The second-order valence-corrected chi connectivity index (χ2v) is 7.36. The summed E-state index contributed by atoms with van der Waals surface area (Å²) in [4.78, 5) is 26.1. The van der Waals surface area contributed by atoms with Crippen LogP contribution in [-0.4, -0.2) is 18.7 Å². The summed E-state index contributed by atoms with van der Waals surface area (Å²) in [5, 5.41) is 4.94. The minimum absolute atomic E-state index is 0.150. The summed E-state index contributed by atoms with van der Waals surface area (Å²) in [6.07, 6.45) is 0.799. The zero-order valence-electron chi connectivity index (χ0n) is 15.8. The molecule has 0 N–H and O–H groups in total. The van der Waals surface area contributed by atoms with E-state index >= 15 is 0 Å². The van der Waals surface area contributed by atoms with Crippen LogP contribution in [-0.2, 0) is 13.1 Å². The molecule has 0 amide bonds. The van der Waals surface area contributed by atoms with Crippen molar-refractivity contribution in [1.82, 2.24) is 18.7 Å². The van der Waals surface area contributed by atoms with Gasteiger partial charge in [-0.1, -0.05) is 38.1 Å². The number of benzene rings is 2. The van der Waals surface area contributed by atoms with Crippen molar-refractivity contribution in [2.24, 2.45) is 5.92 Å². The molecule has 2 aromatic heterocycles. The Morgan fingerprint density at radius 1 is 1.04 bits per heavy atom. The lowest BCUT2D eigenvalue weighted by Crippen LogP contribution is -2.27. The van der Waals surface area contributed by atoms with Gasteiger partial charge in [0.2, 0.25) is 5.78 Å². The van der Waals surface area contributed by atoms with Gasteiger partial charge in [-0.3, -0.25) is 9.36 Å². The fourth-order valence-corrected chi connectivity index (χ4v) is 3.32. The van der Waals surface area contributed by atoms with Gasteiger partial charge in [0, 0.05) is 6.54 Å². The van der Waals surface area contributed by atoms with Crippen molar-refractivity contribution in [1.29, 1.82) is 0 Å². The van der Waals surface area contributed by atoms with Gasteiger partial charge >= 0.3 is 5.69 Å². The molecule has 4 aromatic rings. The van der Waals surface area contributed by atoms with Gasteiger partial charge in [0.05, 0.1) is 17.4 Å². The Morgan fingerprint density at radius 3 is 2.46 bits per heavy atom. The summed E-state index contributed by atoms with van der Waals surface area (Å²) >= 11 is 0. The van der Waals surface area contributed by atoms with E-state index < -0.39 is 0 Å². The highest BCUT2D eigenvalue weighted by atomic mass is 19.1. The molecule has 6 nitrogen and oxygen atoms in total. The summed E-state index contributed by atoms with van der Waals surface area (Å²) in [5.41, 5.74) is 0.822. The normalized spacial score (nSPS) is 11.7. The van der Waals surface area contributed by atoms with E-state index in [0.29, 0.717) is 29.1 Å². The third-order valence-corrected chi connectivity index (χ3v) is 4.86. The number of hydrogen-bond acceptors (Lipinski definition) is 3. The molecule has 28 heavy (non-hydrogen) atoms. The molecule has 0 bridgehead atoms. The molecule has 0 aliphatic heterocycles. The predicted octanol–water partition coefficient (Wildman–Crippen LogP) is 3.04. The zero-order valence-corrected chi connectivity index (χ0v) is 15.8. The molecule has 0 aliphatic carbocycles. The van der Waals surface area contributed by atoms with Gasteiger partial charge in [-0.15, -0.1) is 5.10 Å². The standard InChI is InChI=1S/C21H21FN4O2/c1-14(2)11-12-24-19(27)17-5-3-4-6-18(17)26-20(24)23-25(21(26)28)13-15-7-9-16(22)10-8-15/h3-10,14H,11-13H2,1-2H3. The fourth-order valence-electron chi connectivity index (χ4n) is 3.32. The number of para-hydroxylation sites is 1. The van der Waals surface area contributed by atoms with Crippen molar-refractivity contribution < 1.29 is 4.39 Å². The van der Waals surface area contributed by atoms with Gasteiger partial charge < -0.3 is 0 Å². The van der Waals surface area contributed by atoms with E-state index in [4.69, 9.17) is 0 Å². The quantitative estimate of drug-likeness (QED) is 0.535. The lowest BCUT2D eigenvalue weighted by atomic mass is 10.1. The summed E-state index contributed by atoms with van der Waals surface area (Å²) in [6, 6.07) is 13.0. The lowest BCUT2D eigenvalue weighted by Gasteiger charge is -2.10. The van der Waals surface area contributed by atoms with Gasteiger partial charge in [-0.2, -0.15) is 0 Å². The number of rotatable bonds is 5. The van der Waals surface area contributed by atoms with Gasteiger partial charge in [-0.05, 0) is 42.2 Å². The van der Waals surface area contributed by atoms with Crippen LogP contribution in [0.15, 0.2) is 58.1 Å². The minimum atomic E-state index is -0.334. The first-order valence-electron chi connectivity index (χ1n) is 9.31. The summed E-state index contributed by atoms with van der Waals surface area (Å²) in [7, 11) is 0. The SMILES string of the molecule is CC(C)CCn1c(=O)c2ccccc2n2c(=O)n(Cc3ccc(F)cc3)nc12. The van der Waals surface area contributed by atoms with Crippen LogP contribution in [0.5, 0.6) is 0 Å². The molecule has 0 atom stereocenters. The van der Waals surface area contributed by atoms with E-state index in [1.807, 2.05) is 0 Å². The monoisotopic (exact) mass is 380 g/mol. The van der Waals surface area contributed by atoms with Crippen molar-refractivity contribution >= 4 is 16.7 Å². The Kier molecular flexibility index (Phi) is 4.58. The van der Waals surface area contributed by atoms with Crippen molar-refractivity contribution in [2.45, 2.75) is 33.4 Å². The molecule has 0 saturated carbocycles. The minimum Gasteiger partial charge on any atom is -0.276 e. The third kappa shape index (κ3) is 3.13. The summed E-state index contributed by atoms with van der Waals surface area (Å²) < 4.78 is 17.5. The molecule has 7 heteroatoms. The number of aromatic nitrogens is 4. The largest absolute Gasteiger partial charge is 0.352 e. The van der Waals surface area contributed by atoms with Crippen molar-refractivity contribution in [3.8, 4) is 0 Å². The van der Waals surface area contributed by atoms with Crippen LogP contribution in [0.2, 0.25) is 0 Å². The molecule has 144 valence electrons. The smallest absolute Gasteiger partial charge is 0.276 e. The van der Waals surface area contributed by atoms with Crippen molar-refractivity contribution in [3.05, 3.63) is 80.7 Å². The first-order valence-corrected chi connectivity index (χ1v) is 9.31. The molecular formula is C21H21FN4O2. The van der Waals surface area contributed by atoms with E-state index in [2.05, 4.69) is 18.9 Å². The molecule has 0 radical (unpaired) electrons. The van der Waals surface area contributed by atoms with Crippen LogP contribution < -0.4 is 11.2 Å². The molecule has 2 heterocycles. The van der Waals surface area contributed by atoms with Gasteiger partial charge in [0.15, 0.2) is 0 Å². The van der Waals surface area contributed by atoms with Crippen LogP contribution in [0.3, 0.4) is 0 Å². The summed E-state index contributed by atoms with van der Waals surface area (Å²) in [5.74, 6) is 0.405.